The van der Waals surface area contributed by atoms with Gasteiger partial charge in [-0.2, -0.15) is 0 Å². The van der Waals surface area contributed by atoms with Gasteiger partial charge >= 0.3 is 0 Å². The number of anilines is 2. The van der Waals surface area contributed by atoms with Gasteiger partial charge in [-0.3, -0.25) is 9.59 Å². The van der Waals surface area contributed by atoms with E-state index in [2.05, 4.69) is 15.3 Å². The third-order valence-corrected chi connectivity index (χ3v) is 4.60. The number of nitrogens with zero attached hydrogens (tertiary/aromatic N) is 2. The van der Waals surface area contributed by atoms with E-state index in [4.69, 9.17) is 5.73 Å². The number of carbonyl (C=O) groups is 1. The van der Waals surface area contributed by atoms with Crippen molar-refractivity contribution in [3.8, 4) is 0 Å². The van der Waals surface area contributed by atoms with Crippen molar-refractivity contribution >= 4 is 28.4 Å². The maximum atomic E-state index is 14.6. The number of aromatic nitrogens is 2. The summed E-state index contributed by atoms with van der Waals surface area (Å²) >= 11 is 0. The van der Waals surface area contributed by atoms with Crippen LogP contribution in [-0.4, -0.2) is 35.0 Å². The average Bonchev–Trinajstić information content (AvgIpc) is 3.09. The number of rotatable bonds is 3. The first kappa shape index (κ1) is 17.2. The molecule has 1 aromatic carbocycles. The highest BCUT2D eigenvalue weighted by Crippen LogP contribution is 2.23. The van der Waals surface area contributed by atoms with Gasteiger partial charge < -0.3 is 20.9 Å². The summed E-state index contributed by atoms with van der Waals surface area (Å²) in [6.45, 7) is 1.12. The summed E-state index contributed by atoms with van der Waals surface area (Å²) in [6.07, 6.45) is 2.06. The molecule has 8 heteroatoms. The zero-order valence-corrected chi connectivity index (χ0v) is 14.4. The van der Waals surface area contributed by atoms with Crippen LogP contribution >= 0.6 is 0 Å². The van der Waals surface area contributed by atoms with Crippen LogP contribution in [0.5, 0.6) is 0 Å². The van der Waals surface area contributed by atoms with Crippen molar-refractivity contribution in [2.45, 2.75) is 12.5 Å². The number of benzene rings is 1. The first-order valence-corrected chi connectivity index (χ1v) is 8.62. The predicted molar refractivity (Wildman–Crippen MR) is 102 cm³/mol. The highest BCUT2D eigenvalue weighted by molar-refractivity contribution is 6.05. The lowest BCUT2D eigenvalue weighted by molar-refractivity contribution is 0.102. The number of amides is 1. The fourth-order valence-electron chi connectivity index (χ4n) is 3.20. The van der Waals surface area contributed by atoms with Crippen molar-refractivity contribution in [1.29, 1.82) is 0 Å². The molecule has 138 valence electrons. The Labute approximate surface area is 154 Å². The van der Waals surface area contributed by atoms with Crippen molar-refractivity contribution < 1.29 is 9.18 Å². The van der Waals surface area contributed by atoms with Gasteiger partial charge in [0.15, 0.2) is 11.6 Å². The summed E-state index contributed by atoms with van der Waals surface area (Å²) in [7, 11) is 0. The predicted octanol–water partition coefficient (Wildman–Crippen LogP) is 1.85. The molecule has 1 amide bonds. The van der Waals surface area contributed by atoms with Gasteiger partial charge in [0, 0.05) is 31.0 Å². The van der Waals surface area contributed by atoms with E-state index in [0.717, 1.165) is 12.5 Å². The van der Waals surface area contributed by atoms with E-state index in [9.17, 15) is 14.0 Å². The molecular weight excluding hydrogens is 349 g/mol. The van der Waals surface area contributed by atoms with Gasteiger partial charge in [0.05, 0.1) is 5.39 Å². The maximum absolute atomic E-state index is 14.6. The van der Waals surface area contributed by atoms with Gasteiger partial charge in [0.25, 0.3) is 5.91 Å². The van der Waals surface area contributed by atoms with Gasteiger partial charge in [-0.1, -0.05) is 18.2 Å². The highest BCUT2D eigenvalue weighted by Gasteiger charge is 2.24. The Kier molecular flexibility index (Phi) is 4.33. The van der Waals surface area contributed by atoms with Crippen LogP contribution in [0.2, 0.25) is 0 Å². The van der Waals surface area contributed by atoms with Crippen molar-refractivity contribution in [1.82, 2.24) is 9.97 Å². The third kappa shape index (κ3) is 3.26. The molecule has 0 radical (unpaired) electrons. The van der Waals surface area contributed by atoms with Gasteiger partial charge in [-0.15, -0.1) is 0 Å². The van der Waals surface area contributed by atoms with Crippen LogP contribution in [0, 0.1) is 5.82 Å². The molecule has 2 aromatic heterocycles. The summed E-state index contributed by atoms with van der Waals surface area (Å²) in [5.74, 6) is -1.02. The van der Waals surface area contributed by atoms with Crippen LogP contribution in [0.25, 0.3) is 11.0 Å². The van der Waals surface area contributed by atoms with Gasteiger partial charge in [0.2, 0.25) is 5.43 Å². The van der Waals surface area contributed by atoms with E-state index < -0.39 is 17.2 Å². The summed E-state index contributed by atoms with van der Waals surface area (Å²) in [5, 5.41) is 2.67. The smallest absolute Gasteiger partial charge is 0.261 e. The number of nitrogens with two attached hydrogens (primary N) is 1. The van der Waals surface area contributed by atoms with E-state index in [1.807, 2.05) is 6.07 Å². The third-order valence-electron chi connectivity index (χ3n) is 4.60. The summed E-state index contributed by atoms with van der Waals surface area (Å²) in [6, 6.07) is 9.88. The van der Waals surface area contributed by atoms with Gasteiger partial charge in [-0.05, 0) is 24.6 Å². The number of fused-ring (bicyclic) bond motifs is 1. The Hall–Kier alpha value is -3.26. The number of H-pyrrole nitrogens is 1. The van der Waals surface area contributed by atoms with Crippen molar-refractivity contribution in [2.24, 2.45) is 5.73 Å². The molecular formula is C19H18FN5O2. The average molecular weight is 367 g/mol. The number of nitrogens with one attached hydrogen (secondary N) is 2. The minimum absolute atomic E-state index is 0.0231. The molecule has 0 saturated carbocycles. The van der Waals surface area contributed by atoms with Crippen molar-refractivity contribution in [2.75, 3.05) is 23.3 Å². The highest BCUT2D eigenvalue weighted by atomic mass is 19.1. The summed E-state index contributed by atoms with van der Waals surface area (Å²) < 4.78 is 14.6. The number of aromatic amines is 1. The molecule has 3 aromatic rings. The molecule has 3 heterocycles. The summed E-state index contributed by atoms with van der Waals surface area (Å²) in [5.41, 5.74) is 5.98. The first-order chi connectivity index (χ1) is 13.0. The fourth-order valence-corrected chi connectivity index (χ4v) is 3.20. The van der Waals surface area contributed by atoms with Gasteiger partial charge in [-0.25, -0.2) is 9.37 Å². The Morgan fingerprint density at radius 3 is 2.81 bits per heavy atom. The SMILES string of the molecule is NC1CCN(c2nc3[nH]cc(C(=O)Nc4ccccc4)c(=O)c3cc2F)C1. The molecule has 0 aliphatic carbocycles. The second kappa shape index (κ2) is 6.81. The van der Waals surface area contributed by atoms with Crippen LogP contribution in [-0.2, 0) is 0 Å². The Morgan fingerprint density at radius 2 is 2.11 bits per heavy atom. The minimum Gasteiger partial charge on any atom is -0.353 e. The number of pyridine rings is 2. The second-order valence-corrected chi connectivity index (χ2v) is 6.54. The zero-order chi connectivity index (χ0) is 19.0. The van der Waals surface area contributed by atoms with Crippen LogP contribution in [0.3, 0.4) is 0 Å². The topological polar surface area (TPSA) is 104 Å². The molecule has 4 N–H and O–H groups in total. The standard InChI is InChI=1S/C19H18FN5O2/c20-15-8-13-16(26)14(19(27)23-12-4-2-1-3-5-12)9-22-17(13)24-18(15)25-7-6-11(21)10-25/h1-5,8-9,11H,6-7,10,21H2,(H,23,27)(H,22,24,26). The fraction of sp³-hybridized carbons (Fsp3) is 0.211. The monoisotopic (exact) mass is 367 g/mol. The van der Waals surface area contributed by atoms with E-state index in [1.165, 1.54) is 6.20 Å². The number of hydrogen-bond acceptors (Lipinski definition) is 5. The zero-order valence-electron chi connectivity index (χ0n) is 14.4. The van der Waals surface area contributed by atoms with Crippen molar-refractivity contribution in [3.05, 3.63) is 64.2 Å². The molecule has 1 atom stereocenters. The maximum Gasteiger partial charge on any atom is 0.261 e. The molecule has 1 aliphatic heterocycles. The second-order valence-electron chi connectivity index (χ2n) is 6.54. The number of para-hydroxylation sites is 1. The molecule has 0 bridgehead atoms. The van der Waals surface area contributed by atoms with Crippen LogP contribution in [0.1, 0.15) is 16.8 Å². The lowest BCUT2D eigenvalue weighted by Gasteiger charge is -2.18. The van der Waals surface area contributed by atoms with Crippen LogP contribution < -0.4 is 21.4 Å². The normalized spacial score (nSPS) is 16.7. The van der Waals surface area contributed by atoms with Crippen LogP contribution in [0.4, 0.5) is 15.9 Å². The molecule has 1 saturated heterocycles. The summed E-state index contributed by atoms with van der Waals surface area (Å²) in [4.78, 5) is 33.9. The van der Waals surface area contributed by atoms with Crippen molar-refractivity contribution in [3.63, 3.8) is 0 Å². The van der Waals surface area contributed by atoms with E-state index in [1.54, 1.807) is 29.2 Å². The van der Waals surface area contributed by atoms with E-state index in [0.29, 0.717) is 18.8 Å². The molecule has 27 heavy (non-hydrogen) atoms. The van der Waals surface area contributed by atoms with Crippen LogP contribution in [0.15, 0.2) is 47.4 Å². The Balaban J connectivity index is 1.70. The molecule has 1 fully saturated rings. The molecule has 1 aliphatic rings. The number of carbonyl (C=O) groups excluding carboxylic acids is 1. The number of halogens is 1. The molecule has 1 unspecified atom stereocenters. The van der Waals surface area contributed by atoms with E-state index in [-0.39, 0.29) is 28.5 Å². The lowest BCUT2D eigenvalue weighted by atomic mass is 10.1. The molecule has 4 rings (SSSR count). The van der Waals surface area contributed by atoms with Gasteiger partial charge in [0.1, 0.15) is 11.2 Å². The quantitative estimate of drug-likeness (QED) is 0.655. The largest absolute Gasteiger partial charge is 0.353 e. The Morgan fingerprint density at radius 1 is 1.33 bits per heavy atom. The lowest BCUT2D eigenvalue weighted by Crippen LogP contribution is -2.28. The first-order valence-electron chi connectivity index (χ1n) is 8.62. The Bertz CT molecular complexity index is 1070. The number of hydrogen-bond donors (Lipinski definition) is 3. The molecule has 0 spiro atoms. The molecule has 7 nitrogen and oxygen atoms in total. The van der Waals surface area contributed by atoms with E-state index >= 15 is 0 Å². The minimum atomic E-state index is -0.609.